The summed E-state index contributed by atoms with van der Waals surface area (Å²) in [6.45, 7) is 27.9. The highest BCUT2D eigenvalue weighted by Crippen LogP contribution is 2.12. The average molecular weight is 832 g/mol. The molecule has 5 amide bonds. The third-order valence-electron chi connectivity index (χ3n) is 6.74. The molecule has 1 aromatic carbocycles. The van der Waals surface area contributed by atoms with E-state index in [0.717, 1.165) is 31.3 Å². The van der Waals surface area contributed by atoms with Gasteiger partial charge in [0, 0.05) is 38.8 Å². The number of rotatable bonds is 28. The second-order valence-corrected chi connectivity index (χ2v) is 11.6. The molecule has 0 aromatic heterocycles. The maximum Gasteiger partial charge on any atom is 0.312 e. The van der Waals surface area contributed by atoms with Crippen molar-refractivity contribution < 1.29 is 47.7 Å². The number of carbonyl (C=O) groups is 5. The van der Waals surface area contributed by atoms with Crippen LogP contribution in [0.15, 0.2) is 24.3 Å². The molecule has 6 N–H and O–H groups in total. The first kappa shape index (κ1) is 63.5. The van der Waals surface area contributed by atoms with Crippen LogP contribution in [-0.4, -0.2) is 109 Å². The summed E-state index contributed by atoms with van der Waals surface area (Å²) >= 11 is 0. The fourth-order valence-electron chi connectivity index (χ4n) is 4.10. The van der Waals surface area contributed by atoms with E-state index < -0.39 is 29.9 Å². The van der Waals surface area contributed by atoms with Crippen molar-refractivity contribution in [2.45, 2.75) is 140 Å². The number of benzene rings is 1. The number of anilines is 1. The maximum atomic E-state index is 13.3. The molecule has 0 aliphatic rings. The number of urea groups is 1. The maximum absolute atomic E-state index is 13.3. The molecule has 0 saturated heterocycles. The van der Waals surface area contributed by atoms with Crippen molar-refractivity contribution in [1.82, 2.24) is 16.0 Å². The average Bonchev–Trinajstić information content (AvgIpc) is 3.23. The molecular weight excluding hydrogens is 746 g/mol. The van der Waals surface area contributed by atoms with Crippen LogP contribution in [0.2, 0.25) is 0 Å². The largest absolute Gasteiger partial charge is 0.380 e. The summed E-state index contributed by atoms with van der Waals surface area (Å²) in [5, 5.41) is 10.8. The normalized spacial score (nSPS) is 10.7. The van der Waals surface area contributed by atoms with Gasteiger partial charge in [-0.25, -0.2) is 4.79 Å². The van der Waals surface area contributed by atoms with Crippen LogP contribution in [0, 0.1) is 5.92 Å². The zero-order valence-corrected chi connectivity index (χ0v) is 38.6. The molecule has 15 heteroatoms. The molecule has 0 fully saturated rings. The summed E-state index contributed by atoms with van der Waals surface area (Å²) in [5.41, 5.74) is 6.62. The highest BCUT2D eigenvalue weighted by Gasteiger charge is 2.28. The highest BCUT2D eigenvalue weighted by molar-refractivity contribution is 5.98. The topological polar surface area (TPSA) is 206 Å². The number of hydrogen-bond acceptors (Lipinski definition) is 10. The number of unbranched alkanes of at least 4 members (excludes halogenated alkanes) is 1. The van der Waals surface area contributed by atoms with Gasteiger partial charge in [-0.05, 0) is 49.3 Å². The van der Waals surface area contributed by atoms with Crippen LogP contribution in [-0.2, 0) is 49.5 Å². The summed E-state index contributed by atoms with van der Waals surface area (Å²) < 4.78 is 26.8. The second kappa shape index (κ2) is 51.4. The fourth-order valence-corrected chi connectivity index (χ4v) is 4.10. The molecule has 0 aliphatic carbocycles. The van der Waals surface area contributed by atoms with Crippen molar-refractivity contribution in [1.29, 1.82) is 0 Å². The molecule has 2 atom stereocenters. The number of methoxy groups -OCH3 is 1. The van der Waals surface area contributed by atoms with Crippen molar-refractivity contribution in [3.05, 3.63) is 29.8 Å². The van der Waals surface area contributed by atoms with E-state index in [2.05, 4.69) is 28.2 Å². The van der Waals surface area contributed by atoms with E-state index in [1.165, 1.54) is 0 Å². The minimum absolute atomic E-state index is 0.0547. The monoisotopic (exact) mass is 832 g/mol. The van der Waals surface area contributed by atoms with Gasteiger partial charge in [-0.15, -0.1) is 0 Å². The van der Waals surface area contributed by atoms with Gasteiger partial charge >= 0.3 is 6.03 Å². The third-order valence-corrected chi connectivity index (χ3v) is 6.74. The molecule has 58 heavy (non-hydrogen) atoms. The molecule has 0 bridgehead atoms. The standard InChI is InChI=1S/C31H53N5O9.C4H8O.4C2H6/c1-5-14-42-16-18-44-20-21-45-19-17-43-15-12-27(37)36-28(23(2)3)30(39)35-26(7-6-13-33-31(32)40)29(38)34-25-10-8-24(9-11-25)22-41-4;1-2-3-4-5;4*1-2/h8-11,23,26,28H,5-7,12-22H2,1-4H3,(H,34,38)(H,35,39)(H,36,37)(H3,32,33,40);4H,2-3H2,1H3;4*1-2H3. The van der Waals surface area contributed by atoms with E-state index in [1.54, 1.807) is 33.1 Å². The van der Waals surface area contributed by atoms with Gasteiger partial charge in [0.1, 0.15) is 18.4 Å². The van der Waals surface area contributed by atoms with E-state index in [9.17, 15) is 24.0 Å². The zero-order chi connectivity index (χ0) is 45.4. The first-order valence-corrected chi connectivity index (χ1v) is 21.4. The van der Waals surface area contributed by atoms with Crippen molar-refractivity contribution >= 4 is 35.7 Å². The predicted molar refractivity (Wildman–Crippen MR) is 236 cm³/mol. The quantitative estimate of drug-likeness (QED) is 0.0441. The number of amides is 5. The Morgan fingerprint density at radius 3 is 1.62 bits per heavy atom. The molecular formula is C43H85N5O10. The highest BCUT2D eigenvalue weighted by atomic mass is 16.6. The molecule has 15 nitrogen and oxygen atoms in total. The SMILES string of the molecule is CC.CC.CC.CC.CCCC=O.CCCOCCOCCOCCOCCC(=O)NC(C(=O)NC(CCCNC(N)=O)C(=O)Nc1ccc(COC)cc1)C(C)C. The Morgan fingerprint density at radius 2 is 1.21 bits per heavy atom. The van der Waals surface area contributed by atoms with Crippen LogP contribution in [0.3, 0.4) is 0 Å². The van der Waals surface area contributed by atoms with E-state index in [0.29, 0.717) is 64.8 Å². The van der Waals surface area contributed by atoms with E-state index in [-0.39, 0.29) is 37.8 Å². The Hall–Kier alpha value is -3.63. The number of hydrogen-bond donors (Lipinski definition) is 5. The van der Waals surface area contributed by atoms with E-state index in [1.807, 2.05) is 74.4 Å². The van der Waals surface area contributed by atoms with Gasteiger partial charge in [0.15, 0.2) is 0 Å². The first-order chi connectivity index (χ1) is 28.1. The Labute approximate surface area is 352 Å². The molecule has 2 unspecified atom stereocenters. The molecule has 0 aliphatic heterocycles. The minimum Gasteiger partial charge on any atom is -0.380 e. The van der Waals surface area contributed by atoms with Gasteiger partial charge in [-0.3, -0.25) is 14.4 Å². The fraction of sp³-hybridized carbons (Fsp3) is 0.744. The van der Waals surface area contributed by atoms with Gasteiger partial charge in [0.05, 0.1) is 52.9 Å². The molecule has 342 valence electrons. The molecule has 0 spiro atoms. The predicted octanol–water partition coefficient (Wildman–Crippen LogP) is 6.80. The van der Waals surface area contributed by atoms with Crippen LogP contribution < -0.4 is 27.0 Å². The summed E-state index contributed by atoms with van der Waals surface area (Å²) in [5.74, 6) is -1.53. The second-order valence-electron chi connectivity index (χ2n) is 11.6. The Kier molecular flexibility index (Phi) is 56.3. The van der Waals surface area contributed by atoms with Gasteiger partial charge in [-0.2, -0.15) is 0 Å². The van der Waals surface area contributed by atoms with Gasteiger partial charge in [0.2, 0.25) is 17.7 Å². The zero-order valence-electron chi connectivity index (χ0n) is 38.6. The van der Waals surface area contributed by atoms with Gasteiger partial charge in [-0.1, -0.05) is 95.2 Å². The van der Waals surface area contributed by atoms with Gasteiger partial charge in [0.25, 0.3) is 0 Å². The molecule has 1 rings (SSSR count). The van der Waals surface area contributed by atoms with Crippen LogP contribution >= 0.6 is 0 Å². The Morgan fingerprint density at radius 1 is 0.707 bits per heavy atom. The lowest BCUT2D eigenvalue weighted by atomic mass is 10.0. The van der Waals surface area contributed by atoms with E-state index in [4.69, 9.17) is 29.4 Å². The number of aldehydes is 1. The number of nitrogens with one attached hydrogen (secondary N) is 4. The number of ether oxygens (including phenoxy) is 5. The van der Waals surface area contributed by atoms with Crippen LogP contribution in [0.4, 0.5) is 10.5 Å². The summed E-state index contributed by atoms with van der Waals surface area (Å²) in [6, 6.07) is 4.66. The lowest BCUT2D eigenvalue weighted by molar-refractivity contribution is -0.132. The Balaban J connectivity index is -0.000000637. The lowest BCUT2D eigenvalue weighted by Crippen LogP contribution is -2.54. The van der Waals surface area contributed by atoms with Crippen molar-refractivity contribution in [3.63, 3.8) is 0 Å². The summed E-state index contributed by atoms with van der Waals surface area (Å²) in [7, 11) is 1.60. The van der Waals surface area contributed by atoms with Crippen LogP contribution in [0.1, 0.15) is 127 Å². The summed E-state index contributed by atoms with van der Waals surface area (Å²) in [6.07, 6.45) is 4.26. The number of primary amides is 1. The summed E-state index contributed by atoms with van der Waals surface area (Å²) in [4.78, 5) is 59.5. The van der Waals surface area contributed by atoms with Gasteiger partial charge < -0.3 is 55.5 Å². The van der Waals surface area contributed by atoms with Crippen LogP contribution in [0.25, 0.3) is 0 Å². The van der Waals surface area contributed by atoms with Crippen LogP contribution in [0.5, 0.6) is 0 Å². The van der Waals surface area contributed by atoms with Crippen molar-refractivity contribution in [2.24, 2.45) is 11.7 Å². The Bertz CT molecular complexity index is 1060. The third kappa shape index (κ3) is 42.0. The molecule has 0 heterocycles. The smallest absolute Gasteiger partial charge is 0.312 e. The first-order valence-electron chi connectivity index (χ1n) is 21.4. The molecule has 0 radical (unpaired) electrons. The number of nitrogens with two attached hydrogens (primary N) is 1. The molecule has 1 aromatic rings. The van der Waals surface area contributed by atoms with E-state index >= 15 is 0 Å². The lowest BCUT2D eigenvalue weighted by Gasteiger charge is -2.25. The number of carbonyl (C=O) groups excluding carboxylic acids is 5. The minimum atomic E-state index is -0.924. The van der Waals surface area contributed by atoms with Crippen molar-refractivity contribution in [3.8, 4) is 0 Å². The molecule has 0 saturated carbocycles. The van der Waals surface area contributed by atoms with Crippen molar-refractivity contribution in [2.75, 3.05) is 71.8 Å².